The Morgan fingerprint density at radius 3 is 2.60 bits per heavy atom. The summed E-state index contributed by atoms with van der Waals surface area (Å²) in [5.41, 5.74) is 0.693. The average Bonchev–Trinajstić information content (AvgIpc) is 2.59. The summed E-state index contributed by atoms with van der Waals surface area (Å²) in [5.74, 6) is 1.45. The van der Waals surface area contributed by atoms with E-state index in [0.29, 0.717) is 12.2 Å². The molecule has 25 heavy (non-hydrogen) atoms. The number of hydrogen-bond acceptors (Lipinski definition) is 3. The second kappa shape index (κ2) is 7.18. The third-order valence-corrected chi connectivity index (χ3v) is 4.38. The normalized spacial score (nSPS) is 19.2. The Morgan fingerprint density at radius 1 is 1.20 bits per heavy atom. The van der Waals surface area contributed by atoms with Gasteiger partial charge in [0.05, 0.1) is 6.04 Å². The van der Waals surface area contributed by atoms with Gasteiger partial charge in [-0.25, -0.2) is 0 Å². The summed E-state index contributed by atoms with van der Waals surface area (Å²) in [4.78, 5) is 12.8. The molecule has 0 aromatic heterocycles. The first-order valence-electron chi connectivity index (χ1n) is 8.78. The highest BCUT2D eigenvalue weighted by Gasteiger charge is 2.35. The van der Waals surface area contributed by atoms with Crippen LogP contribution in [0.15, 0.2) is 54.6 Å². The van der Waals surface area contributed by atoms with Crippen LogP contribution < -0.4 is 14.8 Å². The lowest BCUT2D eigenvalue weighted by atomic mass is 9.89. The fourth-order valence-corrected chi connectivity index (χ4v) is 3.18. The van der Waals surface area contributed by atoms with Crippen molar-refractivity contribution < 1.29 is 14.3 Å². The van der Waals surface area contributed by atoms with Crippen molar-refractivity contribution in [2.24, 2.45) is 0 Å². The van der Waals surface area contributed by atoms with E-state index in [2.05, 4.69) is 5.32 Å². The highest BCUT2D eigenvalue weighted by Crippen LogP contribution is 2.39. The Labute approximate surface area is 149 Å². The van der Waals surface area contributed by atoms with Gasteiger partial charge in [0, 0.05) is 12.0 Å². The molecule has 0 bridgehead atoms. The first kappa shape index (κ1) is 17.3. The van der Waals surface area contributed by atoms with Gasteiger partial charge in [-0.2, -0.15) is 0 Å². The molecule has 4 nitrogen and oxygen atoms in total. The lowest BCUT2D eigenvalue weighted by molar-refractivity contribution is -0.129. The number of amides is 1. The summed E-state index contributed by atoms with van der Waals surface area (Å²) < 4.78 is 11.9. The molecule has 2 aromatic rings. The minimum absolute atomic E-state index is 0.0825. The van der Waals surface area contributed by atoms with E-state index in [9.17, 15) is 4.79 Å². The smallest absolute Gasteiger partial charge is 0.261 e. The van der Waals surface area contributed by atoms with Gasteiger partial charge < -0.3 is 14.8 Å². The highest BCUT2D eigenvalue weighted by molar-refractivity contribution is 5.81. The molecule has 0 fully saturated rings. The van der Waals surface area contributed by atoms with E-state index >= 15 is 0 Å². The molecule has 132 valence electrons. The first-order chi connectivity index (χ1) is 12.0. The van der Waals surface area contributed by atoms with Crippen LogP contribution in [0.4, 0.5) is 0 Å². The number of ether oxygens (including phenoxy) is 2. The van der Waals surface area contributed by atoms with Crippen molar-refractivity contribution in [3.05, 3.63) is 60.2 Å². The quantitative estimate of drug-likeness (QED) is 0.885. The monoisotopic (exact) mass is 339 g/mol. The predicted molar refractivity (Wildman–Crippen MR) is 97.8 cm³/mol. The second-order valence-electron chi connectivity index (χ2n) is 6.99. The van der Waals surface area contributed by atoms with Gasteiger partial charge in [0.15, 0.2) is 6.10 Å². The van der Waals surface area contributed by atoms with Crippen molar-refractivity contribution in [3.63, 3.8) is 0 Å². The Hall–Kier alpha value is -2.49. The number of carbonyl (C=O) groups excluding carboxylic acids is 1. The van der Waals surface area contributed by atoms with Crippen molar-refractivity contribution in [2.45, 2.75) is 51.4 Å². The van der Waals surface area contributed by atoms with Crippen LogP contribution in [0.1, 0.15) is 45.2 Å². The summed E-state index contributed by atoms with van der Waals surface area (Å²) in [5, 5.41) is 3.16. The number of para-hydroxylation sites is 2. The highest BCUT2D eigenvalue weighted by atomic mass is 16.5. The SMILES string of the molecule is CC[C@@H](Oc1ccccc1)C(=O)N[C@@H]1CC(C)(C)Oc2ccccc21. The molecule has 1 N–H and O–H groups in total. The van der Waals surface area contributed by atoms with Crippen LogP contribution in [-0.2, 0) is 4.79 Å². The summed E-state index contributed by atoms with van der Waals surface area (Å²) in [7, 11) is 0. The second-order valence-corrected chi connectivity index (χ2v) is 6.99. The summed E-state index contributed by atoms with van der Waals surface area (Å²) >= 11 is 0. The third-order valence-electron chi connectivity index (χ3n) is 4.38. The largest absolute Gasteiger partial charge is 0.487 e. The Balaban J connectivity index is 1.75. The van der Waals surface area contributed by atoms with E-state index in [1.807, 2.05) is 75.4 Å². The summed E-state index contributed by atoms with van der Waals surface area (Å²) in [6.07, 6.45) is 0.812. The lowest BCUT2D eigenvalue weighted by Crippen LogP contribution is -2.45. The van der Waals surface area contributed by atoms with Crippen LogP contribution >= 0.6 is 0 Å². The maximum atomic E-state index is 12.8. The van der Waals surface area contributed by atoms with Crippen LogP contribution in [0.25, 0.3) is 0 Å². The first-order valence-corrected chi connectivity index (χ1v) is 8.78. The minimum Gasteiger partial charge on any atom is -0.487 e. The van der Waals surface area contributed by atoms with Crippen LogP contribution in [0.2, 0.25) is 0 Å². The minimum atomic E-state index is -0.513. The van der Waals surface area contributed by atoms with Crippen molar-refractivity contribution in [1.29, 1.82) is 0 Å². The zero-order chi connectivity index (χ0) is 17.9. The van der Waals surface area contributed by atoms with E-state index in [0.717, 1.165) is 17.7 Å². The molecule has 4 heteroatoms. The number of nitrogens with one attached hydrogen (secondary N) is 1. The van der Waals surface area contributed by atoms with Gasteiger partial charge in [0.2, 0.25) is 0 Å². The van der Waals surface area contributed by atoms with Crippen molar-refractivity contribution in [1.82, 2.24) is 5.32 Å². The molecule has 0 saturated carbocycles. The average molecular weight is 339 g/mol. The van der Waals surface area contributed by atoms with Crippen molar-refractivity contribution in [3.8, 4) is 11.5 Å². The van der Waals surface area contributed by atoms with Gasteiger partial charge in [0.1, 0.15) is 17.1 Å². The van der Waals surface area contributed by atoms with Crippen LogP contribution in [-0.4, -0.2) is 17.6 Å². The molecular weight excluding hydrogens is 314 g/mol. The molecule has 2 aromatic carbocycles. The van der Waals surface area contributed by atoms with Crippen LogP contribution in [0.3, 0.4) is 0 Å². The number of rotatable bonds is 5. The maximum Gasteiger partial charge on any atom is 0.261 e. The van der Waals surface area contributed by atoms with E-state index in [4.69, 9.17) is 9.47 Å². The maximum absolute atomic E-state index is 12.8. The molecule has 0 saturated heterocycles. The van der Waals surface area contributed by atoms with Gasteiger partial charge in [0.25, 0.3) is 5.91 Å². The van der Waals surface area contributed by atoms with Crippen molar-refractivity contribution in [2.75, 3.05) is 0 Å². The molecule has 0 spiro atoms. The van der Waals surface area contributed by atoms with Gasteiger partial charge in [-0.15, -0.1) is 0 Å². The van der Waals surface area contributed by atoms with E-state index in [1.165, 1.54) is 0 Å². The molecule has 1 amide bonds. The number of hydrogen-bond donors (Lipinski definition) is 1. The molecular formula is C21H25NO3. The van der Waals surface area contributed by atoms with Gasteiger partial charge in [-0.1, -0.05) is 43.3 Å². The molecule has 0 unspecified atom stereocenters. The van der Waals surface area contributed by atoms with Gasteiger partial charge in [-0.3, -0.25) is 4.79 Å². The predicted octanol–water partition coefficient (Wildman–Crippen LogP) is 4.26. The Morgan fingerprint density at radius 2 is 1.88 bits per heavy atom. The van der Waals surface area contributed by atoms with E-state index in [1.54, 1.807) is 0 Å². The standard InChI is InChI=1S/C21H25NO3/c1-4-18(24-15-10-6-5-7-11-15)20(23)22-17-14-21(2,3)25-19-13-9-8-12-16(17)19/h5-13,17-18H,4,14H2,1-3H3,(H,22,23)/t17-,18-/m1/s1. The number of fused-ring (bicyclic) bond motifs is 1. The molecule has 0 radical (unpaired) electrons. The Kier molecular flexibility index (Phi) is 4.98. The molecule has 3 rings (SSSR count). The van der Waals surface area contributed by atoms with E-state index < -0.39 is 6.10 Å². The molecule has 0 aliphatic carbocycles. The molecule has 1 heterocycles. The van der Waals surface area contributed by atoms with Crippen LogP contribution in [0, 0.1) is 0 Å². The Bertz CT molecular complexity index is 727. The zero-order valence-electron chi connectivity index (χ0n) is 15.0. The van der Waals surface area contributed by atoms with Gasteiger partial charge in [-0.05, 0) is 38.5 Å². The molecule has 1 aliphatic rings. The number of benzene rings is 2. The zero-order valence-corrected chi connectivity index (χ0v) is 15.0. The van der Waals surface area contributed by atoms with Crippen molar-refractivity contribution >= 4 is 5.91 Å². The van der Waals surface area contributed by atoms with Gasteiger partial charge >= 0.3 is 0 Å². The van der Waals surface area contributed by atoms with Crippen LogP contribution in [0.5, 0.6) is 11.5 Å². The summed E-state index contributed by atoms with van der Waals surface area (Å²) in [6.45, 7) is 6.04. The topological polar surface area (TPSA) is 47.6 Å². The lowest BCUT2D eigenvalue weighted by Gasteiger charge is -2.38. The fourth-order valence-electron chi connectivity index (χ4n) is 3.18. The van der Waals surface area contributed by atoms with E-state index in [-0.39, 0.29) is 17.6 Å². The molecule has 1 aliphatic heterocycles. The third kappa shape index (κ3) is 4.13. The fraction of sp³-hybridized carbons (Fsp3) is 0.381. The number of carbonyl (C=O) groups is 1. The summed E-state index contributed by atoms with van der Waals surface area (Å²) in [6, 6.07) is 17.3. The molecule has 2 atom stereocenters.